The van der Waals surface area contributed by atoms with E-state index in [1.54, 1.807) is 0 Å². The first-order valence-corrected chi connectivity index (χ1v) is 10.9. The van der Waals surface area contributed by atoms with Crippen LogP contribution in [0.25, 0.3) is 0 Å². The number of piperazine rings is 1. The maximum Gasteiger partial charge on any atom is 0.227 e. The molecule has 1 aromatic rings. The van der Waals surface area contributed by atoms with Gasteiger partial charge in [0.2, 0.25) is 5.91 Å². The fraction of sp³-hybridized carbons (Fsp3) is 0.652. The first kappa shape index (κ1) is 20.3. The number of nitrogens with zero attached hydrogens (tertiary/aromatic N) is 4. The minimum atomic E-state index is 0.1000. The SMILES string of the molecule is Cc1ccc(CC(=O)N2CCN(CC#N)C3COC[C@H](N4CCCC4)[C@H]32)cc1C. The Morgan fingerprint density at radius 1 is 1.10 bits per heavy atom. The zero-order chi connectivity index (χ0) is 20.4. The highest BCUT2D eigenvalue weighted by atomic mass is 16.5. The number of hydrogen-bond donors (Lipinski definition) is 0. The van der Waals surface area contributed by atoms with Crippen molar-refractivity contribution in [3.63, 3.8) is 0 Å². The zero-order valence-electron chi connectivity index (χ0n) is 17.6. The first-order valence-electron chi connectivity index (χ1n) is 10.9. The summed E-state index contributed by atoms with van der Waals surface area (Å²) in [4.78, 5) is 20.3. The number of fused-ring (bicyclic) bond motifs is 1. The molecule has 0 spiro atoms. The molecule has 1 aromatic carbocycles. The van der Waals surface area contributed by atoms with E-state index in [0.717, 1.165) is 25.2 Å². The summed E-state index contributed by atoms with van der Waals surface area (Å²) in [5, 5.41) is 9.28. The van der Waals surface area contributed by atoms with Gasteiger partial charge in [0.1, 0.15) is 0 Å². The van der Waals surface area contributed by atoms with Crippen LogP contribution in [0.4, 0.5) is 0 Å². The second-order valence-electron chi connectivity index (χ2n) is 8.72. The number of benzene rings is 1. The van der Waals surface area contributed by atoms with Gasteiger partial charge in [0.25, 0.3) is 0 Å². The lowest BCUT2D eigenvalue weighted by atomic mass is 9.91. The average molecular weight is 397 g/mol. The van der Waals surface area contributed by atoms with Crippen LogP contribution in [-0.4, -0.2) is 84.7 Å². The maximum absolute atomic E-state index is 13.4. The summed E-state index contributed by atoms with van der Waals surface area (Å²) in [6.45, 7) is 9.46. The number of nitriles is 1. The lowest BCUT2D eigenvalue weighted by molar-refractivity contribution is -0.151. The zero-order valence-corrected chi connectivity index (χ0v) is 17.6. The van der Waals surface area contributed by atoms with Crippen molar-refractivity contribution in [2.75, 3.05) is 45.9 Å². The summed E-state index contributed by atoms with van der Waals surface area (Å²) in [6.07, 6.45) is 2.87. The molecule has 0 bridgehead atoms. The van der Waals surface area contributed by atoms with Crippen LogP contribution in [-0.2, 0) is 16.0 Å². The molecule has 6 heteroatoms. The summed E-state index contributed by atoms with van der Waals surface area (Å²) in [6, 6.07) is 9.05. The van der Waals surface area contributed by atoms with Gasteiger partial charge in [0.05, 0.1) is 50.4 Å². The highest BCUT2D eigenvalue weighted by molar-refractivity contribution is 5.79. The molecule has 3 saturated heterocycles. The smallest absolute Gasteiger partial charge is 0.227 e. The minimum absolute atomic E-state index is 0.1000. The van der Waals surface area contributed by atoms with Gasteiger partial charge in [0.15, 0.2) is 0 Å². The third-order valence-corrected chi connectivity index (χ3v) is 6.95. The Kier molecular flexibility index (Phi) is 6.19. The number of likely N-dealkylation sites (tertiary alicyclic amines) is 1. The van der Waals surface area contributed by atoms with Crippen LogP contribution in [0.1, 0.15) is 29.5 Å². The first-order chi connectivity index (χ1) is 14.1. The van der Waals surface area contributed by atoms with E-state index in [4.69, 9.17) is 4.74 Å². The Morgan fingerprint density at radius 3 is 2.59 bits per heavy atom. The van der Waals surface area contributed by atoms with Gasteiger partial charge in [-0.2, -0.15) is 5.26 Å². The molecule has 0 saturated carbocycles. The Morgan fingerprint density at radius 2 is 1.86 bits per heavy atom. The Labute approximate surface area is 174 Å². The largest absolute Gasteiger partial charge is 0.378 e. The molecule has 0 N–H and O–H groups in total. The number of aryl methyl sites for hydroxylation is 2. The number of carbonyl (C=O) groups is 1. The Hall–Kier alpha value is -1.94. The second kappa shape index (κ2) is 8.83. The van der Waals surface area contributed by atoms with Crippen LogP contribution in [0.2, 0.25) is 0 Å². The predicted octanol–water partition coefficient (Wildman–Crippen LogP) is 1.75. The van der Waals surface area contributed by atoms with Gasteiger partial charge in [-0.1, -0.05) is 18.2 Å². The quantitative estimate of drug-likeness (QED) is 0.726. The minimum Gasteiger partial charge on any atom is -0.378 e. The monoisotopic (exact) mass is 396 g/mol. The summed E-state index contributed by atoms with van der Waals surface area (Å²) in [5.41, 5.74) is 3.57. The van der Waals surface area contributed by atoms with E-state index in [1.165, 1.54) is 24.0 Å². The van der Waals surface area contributed by atoms with Crippen molar-refractivity contribution < 1.29 is 9.53 Å². The predicted molar refractivity (Wildman–Crippen MR) is 112 cm³/mol. The summed E-state index contributed by atoms with van der Waals surface area (Å²) in [7, 11) is 0. The number of ether oxygens (including phenoxy) is 1. The van der Waals surface area contributed by atoms with Crippen molar-refractivity contribution in [1.82, 2.24) is 14.7 Å². The van der Waals surface area contributed by atoms with E-state index in [0.29, 0.717) is 32.7 Å². The number of carbonyl (C=O) groups excluding carboxylic acids is 1. The van der Waals surface area contributed by atoms with Gasteiger partial charge in [-0.15, -0.1) is 0 Å². The molecule has 3 fully saturated rings. The number of hydrogen-bond acceptors (Lipinski definition) is 5. The van der Waals surface area contributed by atoms with E-state index in [-0.39, 0.29) is 24.0 Å². The van der Waals surface area contributed by atoms with Gasteiger partial charge >= 0.3 is 0 Å². The van der Waals surface area contributed by atoms with E-state index in [9.17, 15) is 10.1 Å². The molecule has 29 heavy (non-hydrogen) atoms. The third kappa shape index (κ3) is 4.18. The third-order valence-electron chi connectivity index (χ3n) is 6.95. The summed E-state index contributed by atoms with van der Waals surface area (Å²) < 4.78 is 5.99. The van der Waals surface area contributed by atoms with Gasteiger partial charge in [-0.05, 0) is 56.5 Å². The van der Waals surface area contributed by atoms with Gasteiger partial charge < -0.3 is 9.64 Å². The molecular formula is C23H32N4O2. The number of amides is 1. The molecule has 0 radical (unpaired) electrons. The number of rotatable bonds is 4. The lowest BCUT2D eigenvalue weighted by Gasteiger charge is -2.53. The van der Waals surface area contributed by atoms with Crippen LogP contribution < -0.4 is 0 Å². The Bertz CT molecular complexity index is 784. The molecule has 1 unspecified atom stereocenters. The van der Waals surface area contributed by atoms with Gasteiger partial charge in [-0.25, -0.2) is 0 Å². The molecule has 6 nitrogen and oxygen atoms in total. The van der Waals surface area contributed by atoms with E-state index < -0.39 is 0 Å². The lowest BCUT2D eigenvalue weighted by Crippen LogP contribution is -2.71. The highest BCUT2D eigenvalue weighted by Gasteiger charge is 2.47. The van der Waals surface area contributed by atoms with E-state index >= 15 is 0 Å². The normalized spacial score (nSPS) is 28.2. The molecule has 0 aliphatic carbocycles. The van der Waals surface area contributed by atoms with Gasteiger partial charge in [0, 0.05) is 13.1 Å². The van der Waals surface area contributed by atoms with Crippen LogP contribution in [0.15, 0.2) is 18.2 Å². The molecule has 156 valence electrons. The topological polar surface area (TPSA) is 59.8 Å². The van der Waals surface area contributed by atoms with Crippen LogP contribution in [0.5, 0.6) is 0 Å². The molecule has 3 heterocycles. The van der Waals surface area contributed by atoms with E-state index in [1.807, 2.05) is 0 Å². The van der Waals surface area contributed by atoms with Crippen LogP contribution in [0, 0.1) is 25.2 Å². The summed E-state index contributed by atoms with van der Waals surface area (Å²) >= 11 is 0. The van der Waals surface area contributed by atoms with Crippen molar-refractivity contribution in [3.05, 3.63) is 34.9 Å². The molecule has 3 atom stereocenters. The van der Waals surface area contributed by atoms with Crippen molar-refractivity contribution in [3.8, 4) is 6.07 Å². The molecule has 4 rings (SSSR count). The average Bonchev–Trinajstić information content (AvgIpc) is 3.25. The van der Waals surface area contributed by atoms with Crippen LogP contribution in [0.3, 0.4) is 0 Å². The standard InChI is InChI=1S/C23H32N4O2/c1-17-5-6-19(13-18(17)2)14-22(28)27-12-11-26(10-7-24)21-16-29-15-20(23(21)27)25-8-3-4-9-25/h5-6,13,20-21,23H,3-4,8-12,14-16H2,1-2H3/t20-,21?,23+/m0/s1. The fourth-order valence-corrected chi connectivity index (χ4v) is 5.21. The molecule has 3 aliphatic rings. The summed E-state index contributed by atoms with van der Waals surface area (Å²) in [5.74, 6) is 0.200. The van der Waals surface area contributed by atoms with Crippen LogP contribution >= 0.6 is 0 Å². The Balaban J connectivity index is 1.57. The molecule has 0 aromatic heterocycles. The van der Waals surface area contributed by atoms with Crippen molar-refractivity contribution in [2.45, 2.75) is 51.2 Å². The second-order valence-corrected chi connectivity index (χ2v) is 8.72. The fourth-order valence-electron chi connectivity index (χ4n) is 5.21. The van der Waals surface area contributed by atoms with Crippen molar-refractivity contribution >= 4 is 5.91 Å². The van der Waals surface area contributed by atoms with Crippen molar-refractivity contribution in [2.24, 2.45) is 0 Å². The van der Waals surface area contributed by atoms with Gasteiger partial charge in [-0.3, -0.25) is 14.6 Å². The highest BCUT2D eigenvalue weighted by Crippen LogP contribution is 2.30. The van der Waals surface area contributed by atoms with E-state index in [2.05, 4.69) is 52.8 Å². The molecular weight excluding hydrogens is 364 g/mol. The molecule has 3 aliphatic heterocycles. The maximum atomic E-state index is 13.4. The molecule has 1 amide bonds. The van der Waals surface area contributed by atoms with Crippen molar-refractivity contribution in [1.29, 1.82) is 5.26 Å².